The Bertz CT molecular complexity index is 425. The Morgan fingerprint density at radius 1 is 1.50 bits per heavy atom. The first kappa shape index (κ1) is 15.8. The van der Waals surface area contributed by atoms with Gasteiger partial charge in [0.25, 0.3) is 0 Å². The second-order valence-corrected chi connectivity index (χ2v) is 6.34. The molecule has 0 saturated carbocycles. The molecule has 0 saturated heterocycles. The first-order valence-electron chi connectivity index (χ1n) is 7.51. The molecule has 0 fully saturated rings. The number of hydrogen-bond acceptors (Lipinski definition) is 3. The van der Waals surface area contributed by atoms with E-state index in [1.165, 1.54) is 5.56 Å². The van der Waals surface area contributed by atoms with Gasteiger partial charge in [-0.3, -0.25) is 0 Å². The largest absolute Gasteiger partial charge is 0.493 e. The summed E-state index contributed by atoms with van der Waals surface area (Å²) in [6.07, 6.45) is 4.15. The van der Waals surface area contributed by atoms with Crippen molar-refractivity contribution in [2.45, 2.75) is 38.6 Å². The average molecular weight is 342 g/mol. The third kappa shape index (κ3) is 4.21. The van der Waals surface area contributed by atoms with Gasteiger partial charge in [0.15, 0.2) is 0 Å². The van der Waals surface area contributed by atoms with Gasteiger partial charge in [0.05, 0.1) is 6.61 Å². The molecule has 0 radical (unpaired) electrons. The van der Waals surface area contributed by atoms with Crippen LogP contribution in [0.3, 0.4) is 0 Å². The molecule has 2 N–H and O–H groups in total. The molecule has 112 valence electrons. The minimum absolute atomic E-state index is 0.275. The van der Waals surface area contributed by atoms with E-state index in [-0.39, 0.29) is 6.61 Å². The maximum atomic E-state index is 9.09. The van der Waals surface area contributed by atoms with Crippen molar-refractivity contribution >= 4 is 15.9 Å². The van der Waals surface area contributed by atoms with Gasteiger partial charge in [-0.05, 0) is 43.9 Å². The lowest BCUT2D eigenvalue weighted by Crippen LogP contribution is -2.27. The first-order chi connectivity index (χ1) is 9.74. The van der Waals surface area contributed by atoms with Crippen LogP contribution in [0.15, 0.2) is 22.7 Å². The monoisotopic (exact) mass is 341 g/mol. The predicted octanol–water partition coefficient (Wildman–Crippen LogP) is 3.66. The number of hydrogen-bond donors (Lipinski definition) is 2. The van der Waals surface area contributed by atoms with Crippen LogP contribution < -0.4 is 10.1 Å². The second-order valence-electron chi connectivity index (χ2n) is 5.42. The molecule has 0 aromatic heterocycles. The Labute approximate surface area is 129 Å². The number of aliphatic hydroxyl groups is 1. The van der Waals surface area contributed by atoms with Crippen molar-refractivity contribution in [2.75, 3.05) is 19.8 Å². The van der Waals surface area contributed by atoms with Crippen LogP contribution in [0.1, 0.15) is 44.2 Å². The zero-order valence-electron chi connectivity index (χ0n) is 12.1. The van der Waals surface area contributed by atoms with Gasteiger partial charge in [0.2, 0.25) is 0 Å². The summed E-state index contributed by atoms with van der Waals surface area (Å²) < 4.78 is 6.89. The van der Waals surface area contributed by atoms with Crippen LogP contribution in [-0.2, 0) is 0 Å². The summed E-state index contributed by atoms with van der Waals surface area (Å²) >= 11 is 3.50. The molecule has 3 nitrogen and oxygen atoms in total. The first-order valence-corrected chi connectivity index (χ1v) is 8.30. The lowest BCUT2D eigenvalue weighted by Gasteiger charge is -2.22. The molecule has 0 aliphatic carbocycles. The standard InChI is InChI=1S/C16H24BrNO2/c1-2-12(7-8-19)11-18-15-4-3-9-20-16-10-13(17)5-6-14(15)16/h5-6,10,12,15,18-19H,2-4,7-9,11H2,1H3. The van der Waals surface area contributed by atoms with Gasteiger partial charge in [-0.1, -0.05) is 35.3 Å². The third-order valence-electron chi connectivity index (χ3n) is 4.01. The summed E-state index contributed by atoms with van der Waals surface area (Å²) in [7, 11) is 0. The Kier molecular flexibility index (Phi) is 6.33. The summed E-state index contributed by atoms with van der Waals surface area (Å²) in [6.45, 7) is 4.20. The molecule has 0 spiro atoms. The average Bonchev–Trinajstić information content (AvgIpc) is 2.65. The second kappa shape index (κ2) is 8.01. The minimum atomic E-state index is 0.275. The van der Waals surface area contributed by atoms with E-state index in [0.29, 0.717) is 12.0 Å². The van der Waals surface area contributed by atoms with Crippen LogP contribution in [0.5, 0.6) is 5.75 Å². The maximum absolute atomic E-state index is 9.09. The number of halogens is 1. The number of nitrogens with one attached hydrogen (secondary N) is 1. The topological polar surface area (TPSA) is 41.5 Å². The smallest absolute Gasteiger partial charge is 0.125 e. The molecule has 1 aromatic rings. The van der Waals surface area contributed by atoms with Crippen molar-refractivity contribution in [1.29, 1.82) is 0 Å². The van der Waals surface area contributed by atoms with Gasteiger partial charge in [0, 0.05) is 22.7 Å². The van der Waals surface area contributed by atoms with Gasteiger partial charge in [-0.2, -0.15) is 0 Å². The highest BCUT2D eigenvalue weighted by Gasteiger charge is 2.20. The quantitative estimate of drug-likeness (QED) is 0.829. The van der Waals surface area contributed by atoms with Crippen LogP contribution >= 0.6 is 15.9 Å². The minimum Gasteiger partial charge on any atom is -0.493 e. The van der Waals surface area contributed by atoms with E-state index >= 15 is 0 Å². The van der Waals surface area contributed by atoms with Gasteiger partial charge < -0.3 is 15.2 Å². The maximum Gasteiger partial charge on any atom is 0.125 e. The van der Waals surface area contributed by atoms with E-state index in [1.54, 1.807) is 0 Å². The normalized spacial score (nSPS) is 19.9. The lowest BCUT2D eigenvalue weighted by atomic mass is 9.99. The van der Waals surface area contributed by atoms with E-state index in [4.69, 9.17) is 9.84 Å². The van der Waals surface area contributed by atoms with Gasteiger partial charge in [-0.25, -0.2) is 0 Å². The van der Waals surface area contributed by atoms with Crippen molar-refractivity contribution in [1.82, 2.24) is 5.32 Å². The SMILES string of the molecule is CCC(CCO)CNC1CCCOc2cc(Br)ccc21. The highest BCUT2D eigenvalue weighted by atomic mass is 79.9. The van der Waals surface area contributed by atoms with Gasteiger partial charge in [0.1, 0.15) is 5.75 Å². The lowest BCUT2D eigenvalue weighted by molar-refractivity contribution is 0.247. The summed E-state index contributed by atoms with van der Waals surface area (Å²) in [5.41, 5.74) is 1.25. The molecule has 0 amide bonds. The van der Waals surface area contributed by atoms with Gasteiger partial charge >= 0.3 is 0 Å². The number of rotatable bonds is 6. The molecule has 1 aliphatic rings. The highest BCUT2D eigenvalue weighted by molar-refractivity contribution is 9.10. The molecular formula is C16H24BrNO2. The highest BCUT2D eigenvalue weighted by Crippen LogP contribution is 2.33. The molecule has 2 rings (SSSR count). The molecule has 0 bridgehead atoms. The molecule has 1 aliphatic heterocycles. The van der Waals surface area contributed by atoms with Crippen LogP contribution in [0.25, 0.3) is 0 Å². The van der Waals surface area contributed by atoms with Crippen LogP contribution in [0.2, 0.25) is 0 Å². The Morgan fingerprint density at radius 2 is 2.35 bits per heavy atom. The molecule has 1 heterocycles. The molecular weight excluding hydrogens is 318 g/mol. The zero-order chi connectivity index (χ0) is 14.4. The van der Waals surface area contributed by atoms with Gasteiger partial charge in [-0.15, -0.1) is 0 Å². The summed E-state index contributed by atoms with van der Waals surface area (Å²) in [4.78, 5) is 0. The summed E-state index contributed by atoms with van der Waals surface area (Å²) in [6, 6.07) is 6.64. The molecule has 20 heavy (non-hydrogen) atoms. The van der Waals surface area contributed by atoms with Crippen molar-refractivity contribution in [3.8, 4) is 5.75 Å². The van der Waals surface area contributed by atoms with E-state index in [2.05, 4.69) is 46.4 Å². The van der Waals surface area contributed by atoms with E-state index < -0.39 is 0 Å². The molecule has 1 aromatic carbocycles. The van der Waals surface area contributed by atoms with Crippen molar-refractivity contribution in [2.24, 2.45) is 5.92 Å². The van der Waals surface area contributed by atoms with E-state index in [0.717, 1.165) is 49.1 Å². The molecule has 4 heteroatoms. The summed E-state index contributed by atoms with van der Waals surface area (Å²) in [5.74, 6) is 1.53. The van der Waals surface area contributed by atoms with Crippen LogP contribution in [0.4, 0.5) is 0 Å². The predicted molar refractivity (Wildman–Crippen MR) is 85.1 cm³/mol. The fraction of sp³-hybridized carbons (Fsp3) is 0.625. The van der Waals surface area contributed by atoms with Crippen molar-refractivity contribution in [3.05, 3.63) is 28.2 Å². The third-order valence-corrected chi connectivity index (χ3v) is 4.51. The summed E-state index contributed by atoms with van der Waals surface area (Å²) in [5, 5.41) is 12.8. The number of ether oxygens (including phenoxy) is 1. The molecule has 2 unspecified atom stereocenters. The fourth-order valence-electron chi connectivity index (χ4n) is 2.70. The van der Waals surface area contributed by atoms with Crippen molar-refractivity contribution in [3.63, 3.8) is 0 Å². The molecule has 2 atom stereocenters. The van der Waals surface area contributed by atoms with E-state index in [9.17, 15) is 0 Å². The Hall–Kier alpha value is -0.580. The van der Waals surface area contributed by atoms with E-state index in [1.807, 2.05) is 0 Å². The Balaban J connectivity index is 2.04. The fourth-order valence-corrected chi connectivity index (χ4v) is 3.04. The van der Waals surface area contributed by atoms with Crippen molar-refractivity contribution < 1.29 is 9.84 Å². The van der Waals surface area contributed by atoms with Crippen LogP contribution in [-0.4, -0.2) is 24.9 Å². The number of aliphatic hydroxyl groups excluding tert-OH is 1. The number of fused-ring (bicyclic) bond motifs is 1. The van der Waals surface area contributed by atoms with Crippen LogP contribution in [0, 0.1) is 5.92 Å². The Morgan fingerprint density at radius 3 is 3.10 bits per heavy atom. The number of benzene rings is 1. The zero-order valence-corrected chi connectivity index (χ0v) is 13.7.